The summed E-state index contributed by atoms with van der Waals surface area (Å²) >= 11 is 0. The lowest BCUT2D eigenvalue weighted by molar-refractivity contribution is -0.142. The summed E-state index contributed by atoms with van der Waals surface area (Å²) in [4.78, 5) is 18.2. The fraction of sp³-hybridized carbons (Fsp3) is 0.600. The Morgan fingerprint density at radius 1 is 1.50 bits per heavy atom. The van der Waals surface area contributed by atoms with E-state index in [1.54, 1.807) is 0 Å². The van der Waals surface area contributed by atoms with Gasteiger partial charge in [0.15, 0.2) is 0 Å². The molecule has 2 atom stereocenters. The predicted molar refractivity (Wildman–Crippen MR) is 76.5 cm³/mol. The van der Waals surface area contributed by atoms with Crippen molar-refractivity contribution in [2.24, 2.45) is 5.92 Å². The van der Waals surface area contributed by atoms with Crippen molar-refractivity contribution < 1.29 is 9.53 Å². The average molecular weight is 275 g/mol. The third-order valence-corrected chi connectivity index (χ3v) is 4.15. The summed E-state index contributed by atoms with van der Waals surface area (Å²) < 4.78 is 5.05. The summed E-state index contributed by atoms with van der Waals surface area (Å²) in [6.45, 7) is 5.52. The highest BCUT2D eigenvalue weighted by molar-refractivity contribution is 5.77. The smallest absolute Gasteiger partial charge is 0.323 e. The molecule has 0 spiro atoms. The molecule has 2 saturated heterocycles. The second-order valence-corrected chi connectivity index (χ2v) is 5.72. The van der Waals surface area contributed by atoms with Crippen LogP contribution in [0.3, 0.4) is 0 Å². The van der Waals surface area contributed by atoms with Crippen LogP contribution in [0, 0.1) is 12.8 Å². The SMILES string of the molecule is Cc1ccnc(NC[C@@H]2CCN([C@@H]3CCOC3=O)C2)c1. The van der Waals surface area contributed by atoms with E-state index < -0.39 is 0 Å². The first-order valence-corrected chi connectivity index (χ1v) is 7.29. The molecule has 1 aromatic heterocycles. The zero-order chi connectivity index (χ0) is 13.9. The number of cyclic esters (lactones) is 1. The number of rotatable bonds is 4. The molecular formula is C15H21N3O2. The number of nitrogens with one attached hydrogen (secondary N) is 1. The van der Waals surface area contributed by atoms with E-state index in [0.717, 1.165) is 38.3 Å². The Kier molecular flexibility index (Phi) is 3.87. The minimum absolute atomic E-state index is 0.00269. The molecule has 0 saturated carbocycles. The second kappa shape index (κ2) is 5.79. The zero-order valence-corrected chi connectivity index (χ0v) is 11.8. The average Bonchev–Trinajstić information content (AvgIpc) is 3.05. The molecule has 0 amide bonds. The second-order valence-electron chi connectivity index (χ2n) is 5.72. The number of hydrogen-bond donors (Lipinski definition) is 1. The van der Waals surface area contributed by atoms with Gasteiger partial charge in [0.1, 0.15) is 11.9 Å². The number of carbonyl (C=O) groups excluding carboxylic acids is 1. The largest absolute Gasteiger partial charge is 0.464 e. The summed E-state index contributed by atoms with van der Waals surface area (Å²) in [5.74, 6) is 1.47. The van der Waals surface area contributed by atoms with Gasteiger partial charge in [0, 0.05) is 25.7 Å². The highest BCUT2D eigenvalue weighted by Gasteiger charge is 2.36. The number of likely N-dealkylation sites (tertiary alicyclic amines) is 1. The van der Waals surface area contributed by atoms with Gasteiger partial charge in [-0.05, 0) is 43.5 Å². The van der Waals surface area contributed by atoms with Crippen LogP contribution in [0.15, 0.2) is 18.3 Å². The van der Waals surface area contributed by atoms with Gasteiger partial charge in [0.2, 0.25) is 0 Å². The molecule has 20 heavy (non-hydrogen) atoms. The molecule has 0 aliphatic carbocycles. The minimum Gasteiger partial charge on any atom is -0.464 e. The van der Waals surface area contributed by atoms with Crippen LogP contribution in [0.4, 0.5) is 5.82 Å². The van der Waals surface area contributed by atoms with Crippen LogP contribution in [0.1, 0.15) is 18.4 Å². The van der Waals surface area contributed by atoms with E-state index in [-0.39, 0.29) is 12.0 Å². The lowest BCUT2D eigenvalue weighted by atomic mass is 10.1. The molecule has 5 nitrogen and oxygen atoms in total. The maximum Gasteiger partial charge on any atom is 0.323 e. The number of esters is 1. The molecule has 2 aliphatic heterocycles. The lowest BCUT2D eigenvalue weighted by Crippen LogP contribution is -2.37. The third-order valence-electron chi connectivity index (χ3n) is 4.15. The monoisotopic (exact) mass is 275 g/mol. The topological polar surface area (TPSA) is 54.5 Å². The molecular weight excluding hydrogens is 254 g/mol. The van der Waals surface area contributed by atoms with E-state index in [1.165, 1.54) is 5.56 Å². The highest BCUT2D eigenvalue weighted by Crippen LogP contribution is 2.23. The Morgan fingerprint density at radius 2 is 2.40 bits per heavy atom. The maximum absolute atomic E-state index is 11.6. The van der Waals surface area contributed by atoms with Gasteiger partial charge in [0.25, 0.3) is 0 Å². The van der Waals surface area contributed by atoms with Gasteiger partial charge in [-0.25, -0.2) is 4.98 Å². The number of aryl methyl sites for hydroxylation is 1. The van der Waals surface area contributed by atoms with Gasteiger partial charge in [-0.1, -0.05) is 0 Å². The van der Waals surface area contributed by atoms with E-state index in [4.69, 9.17) is 4.74 Å². The van der Waals surface area contributed by atoms with E-state index in [9.17, 15) is 4.79 Å². The van der Waals surface area contributed by atoms with Crippen molar-refractivity contribution >= 4 is 11.8 Å². The third kappa shape index (κ3) is 2.93. The number of nitrogens with zero attached hydrogens (tertiary/aromatic N) is 2. The quantitative estimate of drug-likeness (QED) is 0.843. The number of ether oxygens (including phenoxy) is 1. The van der Waals surface area contributed by atoms with E-state index in [0.29, 0.717) is 12.5 Å². The van der Waals surface area contributed by atoms with Crippen molar-refractivity contribution in [1.29, 1.82) is 0 Å². The van der Waals surface area contributed by atoms with Crippen molar-refractivity contribution in [2.45, 2.75) is 25.8 Å². The highest BCUT2D eigenvalue weighted by atomic mass is 16.5. The fourth-order valence-electron chi connectivity index (χ4n) is 3.01. The van der Waals surface area contributed by atoms with Crippen molar-refractivity contribution in [2.75, 3.05) is 31.6 Å². The molecule has 0 radical (unpaired) electrons. The first kappa shape index (κ1) is 13.4. The molecule has 0 unspecified atom stereocenters. The molecule has 1 aromatic rings. The number of hydrogen-bond acceptors (Lipinski definition) is 5. The van der Waals surface area contributed by atoms with Crippen LogP contribution in [0.25, 0.3) is 0 Å². The van der Waals surface area contributed by atoms with Crippen molar-refractivity contribution in [3.63, 3.8) is 0 Å². The van der Waals surface area contributed by atoms with Crippen molar-refractivity contribution in [3.05, 3.63) is 23.9 Å². The predicted octanol–water partition coefficient (Wildman–Crippen LogP) is 1.44. The number of anilines is 1. The first-order chi connectivity index (χ1) is 9.72. The van der Waals surface area contributed by atoms with Crippen LogP contribution in [-0.2, 0) is 9.53 Å². The van der Waals surface area contributed by atoms with Gasteiger partial charge in [-0.2, -0.15) is 0 Å². The summed E-state index contributed by atoms with van der Waals surface area (Å²) in [6, 6.07) is 4.05. The molecule has 0 bridgehead atoms. The summed E-state index contributed by atoms with van der Waals surface area (Å²) in [5.41, 5.74) is 1.21. The fourth-order valence-corrected chi connectivity index (χ4v) is 3.01. The zero-order valence-electron chi connectivity index (χ0n) is 11.8. The Morgan fingerprint density at radius 3 is 3.15 bits per heavy atom. The van der Waals surface area contributed by atoms with Crippen LogP contribution in [0.2, 0.25) is 0 Å². The Labute approximate surface area is 119 Å². The molecule has 3 rings (SSSR count). The van der Waals surface area contributed by atoms with Gasteiger partial charge in [-0.3, -0.25) is 9.69 Å². The Bertz CT molecular complexity index is 492. The Balaban J connectivity index is 1.49. The van der Waals surface area contributed by atoms with Gasteiger partial charge >= 0.3 is 5.97 Å². The molecule has 1 N–H and O–H groups in total. The Hall–Kier alpha value is -1.62. The van der Waals surface area contributed by atoms with E-state index in [2.05, 4.69) is 28.2 Å². The van der Waals surface area contributed by atoms with Gasteiger partial charge in [-0.15, -0.1) is 0 Å². The standard InChI is InChI=1S/C15H21N3O2/c1-11-2-5-16-14(8-11)17-9-12-3-6-18(10-12)13-4-7-20-15(13)19/h2,5,8,12-13H,3-4,6-7,9-10H2,1H3,(H,16,17)/t12-,13+/m0/s1. The molecule has 2 fully saturated rings. The van der Waals surface area contributed by atoms with Crippen molar-refractivity contribution in [3.8, 4) is 0 Å². The first-order valence-electron chi connectivity index (χ1n) is 7.29. The van der Waals surface area contributed by atoms with Gasteiger partial charge in [0.05, 0.1) is 6.61 Å². The number of carbonyl (C=O) groups is 1. The number of aromatic nitrogens is 1. The van der Waals surface area contributed by atoms with Crippen molar-refractivity contribution in [1.82, 2.24) is 9.88 Å². The van der Waals surface area contributed by atoms with Crippen LogP contribution in [0.5, 0.6) is 0 Å². The van der Waals surface area contributed by atoms with Crippen LogP contribution in [-0.4, -0.2) is 48.1 Å². The van der Waals surface area contributed by atoms with Gasteiger partial charge < -0.3 is 10.1 Å². The molecule has 0 aromatic carbocycles. The maximum atomic E-state index is 11.6. The summed E-state index contributed by atoms with van der Waals surface area (Å²) in [7, 11) is 0. The lowest BCUT2D eigenvalue weighted by Gasteiger charge is -2.20. The molecule has 5 heteroatoms. The molecule has 2 aliphatic rings. The minimum atomic E-state index is -0.0426. The van der Waals surface area contributed by atoms with Crippen LogP contribution < -0.4 is 5.32 Å². The normalized spacial score (nSPS) is 26.8. The molecule has 108 valence electrons. The summed E-state index contributed by atoms with van der Waals surface area (Å²) in [5, 5.41) is 3.40. The van der Waals surface area contributed by atoms with E-state index >= 15 is 0 Å². The molecule has 3 heterocycles. The van der Waals surface area contributed by atoms with E-state index in [1.807, 2.05) is 12.3 Å². The number of pyridine rings is 1. The summed E-state index contributed by atoms with van der Waals surface area (Å²) in [6.07, 6.45) is 3.80. The van der Waals surface area contributed by atoms with Crippen LogP contribution >= 0.6 is 0 Å².